The highest BCUT2D eigenvalue weighted by molar-refractivity contribution is 5.03. The third kappa shape index (κ3) is 7.62. The second-order valence-electron chi connectivity index (χ2n) is 5.11. The molecule has 116 valence electrons. The number of nitrogens with one attached hydrogen (secondary N) is 1. The average Bonchev–Trinajstić information content (AvgIpc) is 2.86. The van der Waals surface area contributed by atoms with E-state index in [4.69, 9.17) is 9.47 Å². The van der Waals surface area contributed by atoms with Crippen LogP contribution in [0.4, 0.5) is 0 Å². The monoisotopic (exact) mass is 283 g/mol. The van der Waals surface area contributed by atoms with Gasteiger partial charge in [-0.2, -0.15) is 5.10 Å². The number of aryl methyl sites for hydroxylation is 2. The van der Waals surface area contributed by atoms with Gasteiger partial charge in [-0.1, -0.05) is 6.92 Å². The van der Waals surface area contributed by atoms with Crippen molar-refractivity contribution in [1.29, 1.82) is 0 Å². The summed E-state index contributed by atoms with van der Waals surface area (Å²) >= 11 is 0. The van der Waals surface area contributed by atoms with Gasteiger partial charge in [-0.05, 0) is 37.8 Å². The van der Waals surface area contributed by atoms with Gasteiger partial charge in [0.15, 0.2) is 0 Å². The lowest BCUT2D eigenvalue weighted by Gasteiger charge is -2.18. The maximum atomic E-state index is 5.56. The Morgan fingerprint density at radius 2 is 2.15 bits per heavy atom. The van der Waals surface area contributed by atoms with Gasteiger partial charge in [-0.3, -0.25) is 4.68 Å². The summed E-state index contributed by atoms with van der Waals surface area (Å²) in [6.45, 7) is 5.40. The maximum Gasteiger partial charge on any atom is 0.0700 e. The van der Waals surface area contributed by atoms with Gasteiger partial charge in [0.2, 0.25) is 0 Å². The van der Waals surface area contributed by atoms with E-state index in [-0.39, 0.29) is 0 Å². The molecule has 0 aliphatic heterocycles. The molecule has 0 fully saturated rings. The van der Waals surface area contributed by atoms with Crippen LogP contribution in [0, 0.1) is 0 Å². The first kappa shape index (κ1) is 17.1. The number of methoxy groups -OCH3 is 1. The van der Waals surface area contributed by atoms with Crippen molar-refractivity contribution >= 4 is 0 Å². The van der Waals surface area contributed by atoms with Crippen molar-refractivity contribution in [3.05, 3.63) is 18.0 Å². The smallest absolute Gasteiger partial charge is 0.0700 e. The molecule has 0 bridgehead atoms. The standard InChI is InChI=1S/C15H29N3O2/c1-4-8-16-15(7-9-20-11-10-19-3)6-5-14-12-17-18(2)13-14/h12-13,15-16H,4-11H2,1-3H3. The van der Waals surface area contributed by atoms with Crippen LogP contribution in [-0.2, 0) is 22.9 Å². The predicted molar refractivity (Wildman–Crippen MR) is 80.9 cm³/mol. The predicted octanol–water partition coefficient (Wildman–Crippen LogP) is 1.77. The Labute approximate surface area is 122 Å². The van der Waals surface area contributed by atoms with Gasteiger partial charge in [0.1, 0.15) is 0 Å². The van der Waals surface area contributed by atoms with E-state index in [9.17, 15) is 0 Å². The summed E-state index contributed by atoms with van der Waals surface area (Å²) in [5.41, 5.74) is 1.30. The molecule has 1 N–H and O–H groups in total. The van der Waals surface area contributed by atoms with Crippen molar-refractivity contribution in [3.8, 4) is 0 Å². The summed E-state index contributed by atoms with van der Waals surface area (Å²) in [6, 6.07) is 0.512. The summed E-state index contributed by atoms with van der Waals surface area (Å²) in [5, 5.41) is 7.81. The van der Waals surface area contributed by atoms with Crippen molar-refractivity contribution in [2.24, 2.45) is 7.05 Å². The van der Waals surface area contributed by atoms with Crippen LogP contribution in [0.15, 0.2) is 12.4 Å². The molecule has 5 heteroatoms. The van der Waals surface area contributed by atoms with Crippen molar-refractivity contribution in [2.75, 3.05) is 33.5 Å². The Bertz CT molecular complexity index is 342. The van der Waals surface area contributed by atoms with Crippen molar-refractivity contribution in [1.82, 2.24) is 15.1 Å². The summed E-state index contributed by atoms with van der Waals surface area (Å²) in [4.78, 5) is 0. The first-order valence-corrected chi connectivity index (χ1v) is 7.53. The van der Waals surface area contributed by atoms with E-state index < -0.39 is 0 Å². The minimum atomic E-state index is 0.512. The van der Waals surface area contributed by atoms with Gasteiger partial charge in [-0.15, -0.1) is 0 Å². The zero-order valence-corrected chi connectivity index (χ0v) is 13.1. The molecule has 0 saturated carbocycles. The molecular formula is C15H29N3O2. The highest BCUT2D eigenvalue weighted by Gasteiger charge is 2.08. The lowest BCUT2D eigenvalue weighted by atomic mass is 10.1. The fourth-order valence-electron chi connectivity index (χ4n) is 2.11. The number of hydrogen-bond acceptors (Lipinski definition) is 4. The van der Waals surface area contributed by atoms with Gasteiger partial charge >= 0.3 is 0 Å². The van der Waals surface area contributed by atoms with Gasteiger partial charge in [0.05, 0.1) is 19.4 Å². The fraction of sp³-hybridized carbons (Fsp3) is 0.800. The Hall–Kier alpha value is -0.910. The molecule has 1 aromatic rings. The minimum Gasteiger partial charge on any atom is -0.382 e. The van der Waals surface area contributed by atoms with Crippen molar-refractivity contribution in [3.63, 3.8) is 0 Å². The van der Waals surface area contributed by atoms with Gasteiger partial charge in [-0.25, -0.2) is 0 Å². The second-order valence-corrected chi connectivity index (χ2v) is 5.11. The molecular weight excluding hydrogens is 254 g/mol. The number of ether oxygens (including phenoxy) is 2. The Balaban J connectivity index is 2.23. The molecule has 1 aromatic heterocycles. The van der Waals surface area contributed by atoms with Crippen molar-refractivity contribution < 1.29 is 9.47 Å². The normalized spacial score (nSPS) is 12.8. The Kier molecular flexibility index (Phi) is 9.28. The van der Waals surface area contributed by atoms with E-state index in [0.717, 1.165) is 38.8 Å². The summed E-state index contributed by atoms with van der Waals surface area (Å²) in [7, 11) is 3.66. The molecule has 5 nitrogen and oxygen atoms in total. The number of nitrogens with zero attached hydrogens (tertiary/aromatic N) is 2. The molecule has 1 heterocycles. The summed E-state index contributed by atoms with van der Waals surface area (Å²) in [5.74, 6) is 0. The lowest BCUT2D eigenvalue weighted by Crippen LogP contribution is -2.31. The zero-order chi connectivity index (χ0) is 14.6. The first-order valence-electron chi connectivity index (χ1n) is 7.53. The lowest BCUT2D eigenvalue weighted by molar-refractivity contribution is 0.0654. The molecule has 20 heavy (non-hydrogen) atoms. The van der Waals surface area contributed by atoms with Crippen LogP contribution in [0.5, 0.6) is 0 Å². The summed E-state index contributed by atoms with van der Waals surface area (Å²) < 4.78 is 12.4. The minimum absolute atomic E-state index is 0.512. The Morgan fingerprint density at radius 3 is 2.80 bits per heavy atom. The number of hydrogen-bond donors (Lipinski definition) is 1. The molecule has 1 rings (SSSR count). The van der Waals surface area contributed by atoms with E-state index in [1.54, 1.807) is 7.11 Å². The van der Waals surface area contributed by atoms with Crippen LogP contribution < -0.4 is 5.32 Å². The van der Waals surface area contributed by atoms with E-state index in [1.165, 1.54) is 5.56 Å². The quantitative estimate of drug-likeness (QED) is 0.594. The van der Waals surface area contributed by atoms with Crippen molar-refractivity contribution in [2.45, 2.75) is 38.6 Å². The van der Waals surface area contributed by atoms with E-state index in [1.807, 2.05) is 17.9 Å². The van der Waals surface area contributed by atoms with Gasteiger partial charge < -0.3 is 14.8 Å². The zero-order valence-electron chi connectivity index (χ0n) is 13.1. The highest BCUT2D eigenvalue weighted by atomic mass is 16.5. The average molecular weight is 283 g/mol. The SMILES string of the molecule is CCCNC(CCOCCOC)CCc1cnn(C)c1. The van der Waals surface area contributed by atoms with E-state index in [2.05, 4.69) is 23.5 Å². The van der Waals surface area contributed by atoms with Crippen LogP contribution in [0.3, 0.4) is 0 Å². The molecule has 0 spiro atoms. The van der Waals surface area contributed by atoms with Crippen LogP contribution in [0.1, 0.15) is 31.7 Å². The molecule has 0 radical (unpaired) electrons. The Morgan fingerprint density at radius 1 is 1.30 bits per heavy atom. The first-order chi connectivity index (χ1) is 9.76. The van der Waals surface area contributed by atoms with Crippen LogP contribution in [0.25, 0.3) is 0 Å². The van der Waals surface area contributed by atoms with E-state index >= 15 is 0 Å². The second kappa shape index (κ2) is 10.8. The van der Waals surface area contributed by atoms with Crippen LogP contribution in [0.2, 0.25) is 0 Å². The van der Waals surface area contributed by atoms with Gasteiger partial charge in [0.25, 0.3) is 0 Å². The molecule has 1 unspecified atom stereocenters. The molecule has 0 aliphatic carbocycles. The molecule has 0 saturated heterocycles. The molecule has 0 aliphatic rings. The van der Waals surface area contributed by atoms with E-state index in [0.29, 0.717) is 19.3 Å². The highest BCUT2D eigenvalue weighted by Crippen LogP contribution is 2.07. The van der Waals surface area contributed by atoms with Gasteiger partial charge in [0, 0.05) is 33.0 Å². The van der Waals surface area contributed by atoms with Crippen LogP contribution >= 0.6 is 0 Å². The third-order valence-electron chi connectivity index (χ3n) is 3.27. The number of aromatic nitrogens is 2. The van der Waals surface area contributed by atoms with Crippen LogP contribution in [-0.4, -0.2) is 49.3 Å². The summed E-state index contributed by atoms with van der Waals surface area (Å²) in [6.07, 6.45) is 8.43. The molecule has 0 amide bonds. The maximum absolute atomic E-state index is 5.56. The third-order valence-corrected chi connectivity index (χ3v) is 3.27. The largest absolute Gasteiger partial charge is 0.382 e. The molecule has 0 aromatic carbocycles. The fourth-order valence-corrected chi connectivity index (χ4v) is 2.11. The molecule has 1 atom stereocenters. The topological polar surface area (TPSA) is 48.3 Å². The number of rotatable bonds is 12.